The molecule has 0 unspecified atom stereocenters. The Morgan fingerprint density at radius 1 is 1.15 bits per heavy atom. The molecule has 0 saturated carbocycles. The maximum Gasteiger partial charge on any atom is 0.319 e. The van der Waals surface area contributed by atoms with Crippen LogP contribution in [0, 0.1) is 0 Å². The van der Waals surface area contributed by atoms with Crippen molar-refractivity contribution in [3.63, 3.8) is 0 Å². The zero-order valence-electron chi connectivity index (χ0n) is 22.4. The predicted octanol–water partition coefficient (Wildman–Crippen LogP) is 6.55. The van der Waals surface area contributed by atoms with E-state index in [9.17, 15) is 22.8 Å². The first-order valence-electron chi connectivity index (χ1n) is 13.0. The standard InChI is InChI=1S/C30H28ClF3N4O3/c1-30(2,34)28(40)38(29(32)33)26(36-27(39)20-4-3-12-35-16-20)19-7-10-24-21(14-19)15-25(18-5-8-22(31)9-6-18)37(24)23-11-13-41-17-23/h3-10,12,14-16,23,26,29H,11,13,17H2,1-2H3,(H,36,39)/t23-,26-/m1/s1. The number of nitrogens with one attached hydrogen (secondary N) is 1. The number of ether oxygens (including phenoxy) is 1. The van der Waals surface area contributed by atoms with Crippen LogP contribution in [0.2, 0.25) is 5.02 Å². The number of aromatic nitrogens is 2. The van der Waals surface area contributed by atoms with Crippen molar-refractivity contribution in [2.45, 2.75) is 44.7 Å². The number of carbonyl (C=O) groups excluding carboxylic acids is 2. The molecule has 1 fully saturated rings. The van der Waals surface area contributed by atoms with E-state index in [-0.39, 0.29) is 22.1 Å². The first-order valence-corrected chi connectivity index (χ1v) is 13.4. The molecule has 5 rings (SSSR count). The van der Waals surface area contributed by atoms with Crippen LogP contribution in [0.4, 0.5) is 13.2 Å². The molecule has 41 heavy (non-hydrogen) atoms. The van der Waals surface area contributed by atoms with Gasteiger partial charge in [-0.2, -0.15) is 8.78 Å². The van der Waals surface area contributed by atoms with Crippen molar-refractivity contribution in [1.29, 1.82) is 0 Å². The maximum absolute atomic E-state index is 14.8. The molecule has 1 aliphatic rings. The Balaban J connectivity index is 1.64. The van der Waals surface area contributed by atoms with Crippen molar-refractivity contribution in [3.8, 4) is 11.3 Å². The summed E-state index contributed by atoms with van der Waals surface area (Å²) in [7, 11) is 0. The molecule has 1 aliphatic heterocycles. The van der Waals surface area contributed by atoms with E-state index in [0.29, 0.717) is 23.6 Å². The van der Waals surface area contributed by atoms with Crippen molar-refractivity contribution in [2.75, 3.05) is 13.2 Å². The van der Waals surface area contributed by atoms with Gasteiger partial charge in [0.05, 0.1) is 18.2 Å². The molecule has 11 heteroatoms. The van der Waals surface area contributed by atoms with Gasteiger partial charge >= 0.3 is 6.55 Å². The minimum atomic E-state index is -3.41. The molecule has 1 saturated heterocycles. The van der Waals surface area contributed by atoms with Gasteiger partial charge in [0.15, 0.2) is 5.67 Å². The number of alkyl halides is 3. The summed E-state index contributed by atoms with van der Waals surface area (Å²) in [5.41, 5.74) is 0.223. The average Bonchev–Trinajstić information content (AvgIpc) is 3.60. The molecule has 7 nitrogen and oxygen atoms in total. The third-order valence-electron chi connectivity index (χ3n) is 7.01. The Bertz CT molecular complexity index is 1550. The Kier molecular flexibility index (Phi) is 8.06. The number of rotatable bonds is 8. The average molecular weight is 585 g/mol. The molecule has 0 radical (unpaired) electrons. The molecule has 2 atom stereocenters. The topological polar surface area (TPSA) is 76.5 Å². The lowest BCUT2D eigenvalue weighted by Gasteiger charge is -2.34. The molecule has 2 aromatic heterocycles. The van der Waals surface area contributed by atoms with E-state index in [0.717, 1.165) is 37.0 Å². The lowest BCUT2D eigenvalue weighted by Crippen LogP contribution is -2.52. The molecule has 1 N–H and O–H groups in total. The molecule has 3 heterocycles. The predicted molar refractivity (Wildman–Crippen MR) is 149 cm³/mol. The van der Waals surface area contributed by atoms with Gasteiger partial charge in [0.1, 0.15) is 6.17 Å². The van der Waals surface area contributed by atoms with Crippen molar-refractivity contribution in [3.05, 3.63) is 89.2 Å². The Labute approximate surface area is 239 Å². The molecule has 2 amide bonds. The highest BCUT2D eigenvalue weighted by atomic mass is 35.5. The quantitative estimate of drug-likeness (QED) is 0.188. The van der Waals surface area contributed by atoms with Gasteiger partial charge in [0.2, 0.25) is 0 Å². The summed E-state index contributed by atoms with van der Waals surface area (Å²) in [6.07, 6.45) is 1.84. The van der Waals surface area contributed by atoms with Crippen molar-refractivity contribution in [2.24, 2.45) is 0 Å². The molecule has 0 bridgehead atoms. The van der Waals surface area contributed by atoms with Gasteiger partial charge in [-0.3, -0.25) is 19.5 Å². The van der Waals surface area contributed by atoms with Crippen LogP contribution in [-0.4, -0.2) is 51.7 Å². The number of fused-ring (bicyclic) bond motifs is 1. The molecule has 2 aromatic carbocycles. The molecule has 0 spiro atoms. The van der Waals surface area contributed by atoms with Crippen LogP contribution < -0.4 is 5.32 Å². The van der Waals surface area contributed by atoms with Gasteiger partial charge in [-0.05, 0) is 73.9 Å². The molecule has 4 aromatic rings. The summed E-state index contributed by atoms with van der Waals surface area (Å²) in [5, 5.41) is 3.77. The third kappa shape index (κ3) is 5.94. The van der Waals surface area contributed by atoms with Crippen molar-refractivity contribution >= 4 is 34.3 Å². The molecular formula is C30H28ClF3N4O3. The van der Waals surface area contributed by atoms with Crippen LogP contribution in [0.3, 0.4) is 0 Å². The van der Waals surface area contributed by atoms with Crippen LogP contribution in [0.5, 0.6) is 0 Å². The normalized spacial score (nSPS) is 16.2. The first-order chi connectivity index (χ1) is 19.5. The van der Waals surface area contributed by atoms with Crippen LogP contribution in [0.15, 0.2) is 73.1 Å². The Morgan fingerprint density at radius 3 is 2.51 bits per heavy atom. The van der Waals surface area contributed by atoms with Gasteiger partial charge in [-0.1, -0.05) is 29.8 Å². The van der Waals surface area contributed by atoms with Crippen LogP contribution in [0.1, 0.15) is 48.4 Å². The highest BCUT2D eigenvalue weighted by Gasteiger charge is 2.41. The summed E-state index contributed by atoms with van der Waals surface area (Å²) in [6.45, 7) is -0.492. The number of hydrogen-bond acceptors (Lipinski definition) is 4. The molecule has 214 valence electrons. The third-order valence-corrected chi connectivity index (χ3v) is 7.26. The number of hydrogen-bond donors (Lipinski definition) is 1. The Hall–Kier alpha value is -3.89. The van der Waals surface area contributed by atoms with E-state index < -0.39 is 30.2 Å². The van der Waals surface area contributed by atoms with Crippen LogP contribution in [0.25, 0.3) is 22.2 Å². The number of halogens is 4. The van der Waals surface area contributed by atoms with Gasteiger partial charge in [0, 0.05) is 40.6 Å². The SMILES string of the molecule is CC(C)(F)C(=O)N(C(F)F)[C@@H](NC(=O)c1cccnc1)c1ccc2c(c1)cc(-c1ccc(Cl)cc1)n2[C@@H]1CCOC1. The second-order valence-corrected chi connectivity index (χ2v) is 10.8. The highest BCUT2D eigenvalue weighted by molar-refractivity contribution is 6.30. The fourth-order valence-corrected chi connectivity index (χ4v) is 5.16. The number of benzene rings is 2. The van der Waals surface area contributed by atoms with E-state index in [1.54, 1.807) is 30.3 Å². The van der Waals surface area contributed by atoms with Crippen molar-refractivity contribution in [1.82, 2.24) is 19.8 Å². The number of amides is 2. The second-order valence-electron chi connectivity index (χ2n) is 10.3. The van der Waals surface area contributed by atoms with Crippen LogP contribution >= 0.6 is 11.6 Å². The lowest BCUT2D eigenvalue weighted by molar-refractivity contribution is -0.162. The van der Waals surface area contributed by atoms with Gasteiger partial charge in [-0.25, -0.2) is 4.39 Å². The summed E-state index contributed by atoms with van der Waals surface area (Å²) in [5.74, 6) is -2.22. The van der Waals surface area contributed by atoms with Crippen LogP contribution in [-0.2, 0) is 9.53 Å². The fraction of sp³-hybridized carbons (Fsp3) is 0.300. The zero-order valence-corrected chi connectivity index (χ0v) is 23.1. The summed E-state index contributed by atoms with van der Waals surface area (Å²) in [6, 6.07) is 17.2. The van der Waals surface area contributed by atoms with Gasteiger partial charge in [-0.15, -0.1) is 0 Å². The zero-order chi connectivity index (χ0) is 29.3. The lowest BCUT2D eigenvalue weighted by atomic mass is 10.1. The minimum Gasteiger partial charge on any atom is -0.379 e. The summed E-state index contributed by atoms with van der Waals surface area (Å²) >= 11 is 6.11. The Morgan fingerprint density at radius 2 is 1.90 bits per heavy atom. The van der Waals surface area contributed by atoms with E-state index in [1.165, 1.54) is 24.5 Å². The van der Waals surface area contributed by atoms with E-state index in [1.807, 2.05) is 18.2 Å². The largest absolute Gasteiger partial charge is 0.379 e. The van der Waals surface area contributed by atoms with E-state index in [2.05, 4.69) is 14.9 Å². The number of pyridine rings is 1. The fourth-order valence-electron chi connectivity index (χ4n) is 5.03. The smallest absolute Gasteiger partial charge is 0.319 e. The molecule has 0 aliphatic carbocycles. The second kappa shape index (κ2) is 11.5. The number of carbonyl (C=O) groups is 2. The number of nitrogens with zero attached hydrogens (tertiary/aromatic N) is 3. The summed E-state index contributed by atoms with van der Waals surface area (Å²) in [4.78, 5) is 30.0. The minimum absolute atomic E-state index is 0.0385. The first kappa shape index (κ1) is 28.6. The van der Waals surface area contributed by atoms with E-state index in [4.69, 9.17) is 16.3 Å². The summed E-state index contributed by atoms with van der Waals surface area (Å²) < 4.78 is 51.4. The van der Waals surface area contributed by atoms with Crippen molar-refractivity contribution < 1.29 is 27.5 Å². The molecular weight excluding hydrogens is 557 g/mol. The maximum atomic E-state index is 14.8. The van der Waals surface area contributed by atoms with Gasteiger partial charge < -0.3 is 14.6 Å². The van der Waals surface area contributed by atoms with Gasteiger partial charge in [0.25, 0.3) is 11.8 Å². The van der Waals surface area contributed by atoms with E-state index >= 15 is 0 Å². The monoisotopic (exact) mass is 584 g/mol. The highest BCUT2D eigenvalue weighted by Crippen LogP contribution is 2.37.